The van der Waals surface area contributed by atoms with Gasteiger partial charge in [-0.3, -0.25) is 9.48 Å². The number of anilines is 1. The Bertz CT molecular complexity index is 876. The fourth-order valence-corrected chi connectivity index (χ4v) is 2.79. The van der Waals surface area contributed by atoms with E-state index in [0.717, 1.165) is 5.56 Å². The molecule has 128 valence electrons. The molecule has 2 aromatic carbocycles. The highest BCUT2D eigenvalue weighted by atomic mass is 35.5. The lowest BCUT2D eigenvalue weighted by atomic mass is 10.1. The third-order valence-corrected chi connectivity index (χ3v) is 4.19. The van der Waals surface area contributed by atoms with Crippen molar-refractivity contribution in [2.24, 2.45) is 0 Å². The zero-order valence-electron chi connectivity index (χ0n) is 13.0. The van der Waals surface area contributed by atoms with Crippen LogP contribution in [-0.2, 0) is 17.8 Å². The minimum Gasteiger partial charge on any atom is -0.308 e. The standard InChI is InChI=1S/C18H14Cl2FN3O/c19-14-7-4-8-16(21)13(14)10-24-11-15(20)18(23-24)22-17(25)9-12-5-2-1-3-6-12/h1-8,11H,9-10H2,(H,22,23,25). The average Bonchev–Trinajstić information content (AvgIpc) is 2.91. The van der Waals surface area contributed by atoms with Crippen LogP contribution in [0.2, 0.25) is 10.0 Å². The Balaban J connectivity index is 1.71. The smallest absolute Gasteiger partial charge is 0.230 e. The van der Waals surface area contributed by atoms with Crippen molar-refractivity contribution in [3.8, 4) is 0 Å². The molecular formula is C18H14Cl2FN3O. The van der Waals surface area contributed by atoms with Crippen LogP contribution in [0.15, 0.2) is 54.7 Å². The van der Waals surface area contributed by atoms with E-state index in [1.165, 1.54) is 23.0 Å². The lowest BCUT2D eigenvalue weighted by Gasteiger charge is -2.06. The van der Waals surface area contributed by atoms with Crippen LogP contribution < -0.4 is 5.32 Å². The monoisotopic (exact) mass is 377 g/mol. The molecule has 4 nitrogen and oxygen atoms in total. The Kier molecular flexibility index (Phi) is 5.36. The van der Waals surface area contributed by atoms with Crippen molar-refractivity contribution in [1.82, 2.24) is 9.78 Å². The Morgan fingerprint density at radius 3 is 2.56 bits per heavy atom. The summed E-state index contributed by atoms with van der Waals surface area (Å²) in [6.07, 6.45) is 1.73. The Morgan fingerprint density at radius 2 is 1.84 bits per heavy atom. The van der Waals surface area contributed by atoms with Gasteiger partial charge in [-0.25, -0.2) is 4.39 Å². The van der Waals surface area contributed by atoms with E-state index in [9.17, 15) is 9.18 Å². The summed E-state index contributed by atoms with van der Waals surface area (Å²) in [5.41, 5.74) is 1.19. The molecule has 0 radical (unpaired) electrons. The van der Waals surface area contributed by atoms with Crippen LogP contribution >= 0.6 is 23.2 Å². The molecule has 7 heteroatoms. The van der Waals surface area contributed by atoms with Crippen molar-refractivity contribution in [2.75, 3.05) is 5.32 Å². The SMILES string of the molecule is O=C(Cc1ccccc1)Nc1nn(Cc2c(F)cccc2Cl)cc1Cl. The number of halogens is 3. The Morgan fingerprint density at radius 1 is 1.08 bits per heavy atom. The molecule has 0 saturated heterocycles. The number of aromatic nitrogens is 2. The van der Waals surface area contributed by atoms with Gasteiger partial charge in [0.05, 0.1) is 13.0 Å². The van der Waals surface area contributed by atoms with Crippen molar-refractivity contribution >= 4 is 34.9 Å². The molecule has 0 saturated carbocycles. The molecule has 25 heavy (non-hydrogen) atoms. The molecule has 0 aliphatic carbocycles. The number of nitrogens with one attached hydrogen (secondary N) is 1. The van der Waals surface area contributed by atoms with Gasteiger partial charge in [0, 0.05) is 16.8 Å². The van der Waals surface area contributed by atoms with Crippen LogP contribution in [0.1, 0.15) is 11.1 Å². The maximum absolute atomic E-state index is 13.9. The van der Waals surface area contributed by atoms with Gasteiger partial charge in [0.1, 0.15) is 10.8 Å². The molecule has 0 atom stereocenters. The molecule has 1 N–H and O–H groups in total. The number of carbonyl (C=O) groups is 1. The molecule has 0 spiro atoms. The maximum atomic E-state index is 13.9. The minimum absolute atomic E-state index is 0.111. The normalized spacial score (nSPS) is 10.7. The van der Waals surface area contributed by atoms with E-state index >= 15 is 0 Å². The minimum atomic E-state index is -0.422. The first-order chi connectivity index (χ1) is 12.0. The van der Waals surface area contributed by atoms with Crippen LogP contribution in [0.3, 0.4) is 0 Å². The second-order valence-corrected chi connectivity index (χ2v) is 6.25. The molecule has 1 aromatic heterocycles. The summed E-state index contributed by atoms with van der Waals surface area (Å²) in [5.74, 6) is -0.425. The average molecular weight is 378 g/mol. The van der Waals surface area contributed by atoms with Gasteiger partial charge in [-0.1, -0.05) is 59.6 Å². The highest BCUT2D eigenvalue weighted by molar-refractivity contribution is 6.33. The molecule has 0 aliphatic rings. The molecule has 0 unspecified atom stereocenters. The number of hydrogen-bond donors (Lipinski definition) is 1. The lowest BCUT2D eigenvalue weighted by Crippen LogP contribution is -2.15. The molecular weight excluding hydrogens is 364 g/mol. The van der Waals surface area contributed by atoms with Gasteiger partial charge in [0.15, 0.2) is 5.82 Å². The lowest BCUT2D eigenvalue weighted by molar-refractivity contribution is -0.115. The number of rotatable bonds is 5. The number of nitrogens with zero attached hydrogens (tertiary/aromatic N) is 2. The van der Waals surface area contributed by atoms with Gasteiger partial charge in [-0.15, -0.1) is 0 Å². The number of hydrogen-bond acceptors (Lipinski definition) is 2. The number of amides is 1. The first kappa shape index (κ1) is 17.5. The van der Waals surface area contributed by atoms with Crippen LogP contribution in [0.4, 0.5) is 10.2 Å². The van der Waals surface area contributed by atoms with E-state index in [1.54, 1.807) is 6.07 Å². The van der Waals surface area contributed by atoms with E-state index in [0.29, 0.717) is 10.6 Å². The van der Waals surface area contributed by atoms with Crippen LogP contribution in [0.25, 0.3) is 0 Å². The molecule has 0 bridgehead atoms. The molecule has 1 amide bonds. The fraction of sp³-hybridized carbons (Fsp3) is 0.111. The molecule has 0 fully saturated rings. The first-order valence-electron chi connectivity index (χ1n) is 7.52. The van der Waals surface area contributed by atoms with Crippen LogP contribution in [-0.4, -0.2) is 15.7 Å². The zero-order valence-corrected chi connectivity index (χ0v) is 14.6. The summed E-state index contributed by atoms with van der Waals surface area (Å²) in [6.45, 7) is 0.111. The van der Waals surface area contributed by atoms with Crippen molar-refractivity contribution < 1.29 is 9.18 Å². The Labute approximate surface area is 154 Å². The van der Waals surface area contributed by atoms with E-state index in [2.05, 4.69) is 10.4 Å². The highest BCUT2D eigenvalue weighted by Crippen LogP contribution is 2.23. The maximum Gasteiger partial charge on any atom is 0.230 e. The topological polar surface area (TPSA) is 46.9 Å². The molecule has 0 aliphatic heterocycles. The summed E-state index contributed by atoms with van der Waals surface area (Å²) >= 11 is 12.1. The summed E-state index contributed by atoms with van der Waals surface area (Å²) in [6, 6.07) is 13.8. The largest absolute Gasteiger partial charge is 0.308 e. The third-order valence-electron chi connectivity index (χ3n) is 3.56. The predicted octanol–water partition coefficient (Wildman–Crippen LogP) is 4.56. The first-order valence-corrected chi connectivity index (χ1v) is 8.28. The van der Waals surface area contributed by atoms with Crippen molar-refractivity contribution in [3.05, 3.63) is 81.7 Å². The second kappa shape index (κ2) is 7.68. The molecule has 3 aromatic rings. The third kappa shape index (κ3) is 4.38. The van der Waals surface area contributed by atoms with Crippen LogP contribution in [0, 0.1) is 5.82 Å². The van der Waals surface area contributed by atoms with Crippen LogP contribution in [0.5, 0.6) is 0 Å². The highest BCUT2D eigenvalue weighted by Gasteiger charge is 2.13. The van der Waals surface area contributed by atoms with Gasteiger partial charge in [-0.2, -0.15) is 5.10 Å². The molecule has 1 heterocycles. The summed E-state index contributed by atoms with van der Waals surface area (Å²) in [5, 5.41) is 7.44. The van der Waals surface area contributed by atoms with Crippen molar-refractivity contribution in [1.29, 1.82) is 0 Å². The van der Waals surface area contributed by atoms with Gasteiger partial charge < -0.3 is 5.32 Å². The van der Waals surface area contributed by atoms with Gasteiger partial charge in [-0.05, 0) is 17.7 Å². The quantitative estimate of drug-likeness (QED) is 0.708. The van der Waals surface area contributed by atoms with Crippen molar-refractivity contribution in [3.63, 3.8) is 0 Å². The fourth-order valence-electron chi connectivity index (χ4n) is 2.37. The van der Waals surface area contributed by atoms with Gasteiger partial charge >= 0.3 is 0 Å². The summed E-state index contributed by atoms with van der Waals surface area (Å²) in [7, 11) is 0. The van der Waals surface area contributed by atoms with Crippen molar-refractivity contribution in [2.45, 2.75) is 13.0 Å². The summed E-state index contributed by atoms with van der Waals surface area (Å²) in [4.78, 5) is 12.1. The number of carbonyl (C=O) groups excluding carboxylic acids is 1. The zero-order chi connectivity index (χ0) is 17.8. The summed E-state index contributed by atoms with van der Waals surface area (Å²) < 4.78 is 15.3. The van der Waals surface area contributed by atoms with E-state index in [1.807, 2.05) is 30.3 Å². The number of benzene rings is 2. The predicted molar refractivity (Wildman–Crippen MR) is 96.5 cm³/mol. The Hall–Kier alpha value is -2.37. The van der Waals surface area contributed by atoms with Gasteiger partial charge in [0.25, 0.3) is 0 Å². The van der Waals surface area contributed by atoms with Gasteiger partial charge in [0.2, 0.25) is 5.91 Å². The van der Waals surface area contributed by atoms with E-state index in [4.69, 9.17) is 23.2 Å². The second-order valence-electron chi connectivity index (χ2n) is 5.43. The molecule has 3 rings (SSSR count). The van der Waals surface area contributed by atoms with E-state index in [-0.39, 0.29) is 29.7 Å². The van der Waals surface area contributed by atoms with E-state index < -0.39 is 5.82 Å².